The molecule has 2 aromatic rings. The molecule has 0 bridgehead atoms. The van der Waals surface area contributed by atoms with Crippen molar-refractivity contribution in [3.63, 3.8) is 0 Å². The third-order valence-corrected chi connectivity index (χ3v) is 3.87. The molecule has 3 rings (SSSR count). The number of cyclic esters (lactones) is 1. The Morgan fingerprint density at radius 1 is 1.09 bits per heavy atom. The van der Waals surface area contributed by atoms with Gasteiger partial charge in [0.2, 0.25) is 0 Å². The van der Waals surface area contributed by atoms with Crippen LogP contribution in [-0.4, -0.2) is 24.0 Å². The van der Waals surface area contributed by atoms with Crippen LogP contribution in [0.2, 0.25) is 0 Å². The molecule has 0 amide bonds. The predicted molar refractivity (Wildman–Crippen MR) is 81.6 cm³/mol. The number of rotatable bonds is 3. The smallest absolute Gasteiger partial charge is 0.320 e. The number of esters is 1. The maximum absolute atomic E-state index is 11.7. The zero-order chi connectivity index (χ0) is 15.4. The summed E-state index contributed by atoms with van der Waals surface area (Å²) in [5.41, 5.74) is 1.94. The first-order chi connectivity index (χ1) is 10.8. The van der Waals surface area contributed by atoms with Gasteiger partial charge in [-0.3, -0.25) is 9.69 Å². The molecule has 1 aliphatic rings. The first kappa shape index (κ1) is 14.3. The summed E-state index contributed by atoms with van der Waals surface area (Å²) in [5, 5.41) is 9.64. The highest BCUT2D eigenvalue weighted by Gasteiger charge is 2.35. The van der Waals surface area contributed by atoms with Gasteiger partial charge in [0.05, 0.1) is 18.7 Å². The summed E-state index contributed by atoms with van der Waals surface area (Å²) >= 11 is 0. The van der Waals surface area contributed by atoms with Gasteiger partial charge in [0, 0.05) is 0 Å². The van der Waals surface area contributed by atoms with Gasteiger partial charge in [-0.05, 0) is 11.1 Å². The molecule has 22 heavy (non-hydrogen) atoms. The van der Waals surface area contributed by atoms with E-state index in [1.165, 1.54) is 0 Å². The number of nitriles is 1. The van der Waals surface area contributed by atoms with Crippen LogP contribution in [-0.2, 0) is 9.53 Å². The lowest BCUT2D eigenvalue weighted by atomic mass is 9.99. The highest BCUT2D eigenvalue weighted by molar-refractivity contribution is 5.72. The second kappa shape index (κ2) is 6.42. The van der Waals surface area contributed by atoms with Crippen LogP contribution < -0.4 is 0 Å². The van der Waals surface area contributed by atoms with E-state index in [2.05, 4.69) is 6.07 Å². The summed E-state index contributed by atoms with van der Waals surface area (Å²) in [6, 6.07) is 21.1. The number of ether oxygens (including phenoxy) is 1. The SMILES string of the molecule is N#C[C@H](c1ccccc1)N1CC(=O)OC[C@@H]1c1ccccc1. The molecule has 2 atom stereocenters. The predicted octanol–water partition coefficient (Wildman–Crippen LogP) is 2.85. The Morgan fingerprint density at radius 2 is 1.73 bits per heavy atom. The van der Waals surface area contributed by atoms with Gasteiger partial charge in [-0.25, -0.2) is 0 Å². The van der Waals surface area contributed by atoms with Crippen molar-refractivity contribution in [3.8, 4) is 6.07 Å². The van der Waals surface area contributed by atoms with Crippen molar-refractivity contribution >= 4 is 5.97 Å². The summed E-state index contributed by atoms with van der Waals surface area (Å²) in [4.78, 5) is 13.6. The second-order valence-corrected chi connectivity index (χ2v) is 5.22. The molecule has 0 spiro atoms. The van der Waals surface area contributed by atoms with Crippen LogP contribution in [0.4, 0.5) is 0 Å². The largest absolute Gasteiger partial charge is 0.463 e. The van der Waals surface area contributed by atoms with Crippen LogP contribution in [0.3, 0.4) is 0 Å². The van der Waals surface area contributed by atoms with Crippen molar-refractivity contribution in [3.05, 3.63) is 71.8 Å². The van der Waals surface area contributed by atoms with Crippen LogP contribution in [0.15, 0.2) is 60.7 Å². The van der Waals surface area contributed by atoms with Gasteiger partial charge in [-0.2, -0.15) is 5.26 Å². The summed E-state index contributed by atoms with van der Waals surface area (Å²) in [6.07, 6.45) is 0. The molecule has 0 unspecified atom stereocenters. The lowest BCUT2D eigenvalue weighted by Gasteiger charge is -2.37. The number of carbonyl (C=O) groups excluding carboxylic acids is 1. The van der Waals surface area contributed by atoms with Gasteiger partial charge in [0.25, 0.3) is 0 Å². The maximum atomic E-state index is 11.7. The molecule has 1 saturated heterocycles. The average molecular weight is 292 g/mol. The van der Waals surface area contributed by atoms with Crippen molar-refractivity contribution in [2.24, 2.45) is 0 Å². The van der Waals surface area contributed by atoms with Gasteiger partial charge >= 0.3 is 5.97 Å². The quantitative estimate of drug-likeness (QED) is 0.816. The summed E-state index contributed by atoms with van der Waals surface area (Å²) in [5.74, 6) is -0.289. The number of carbonyl (C=O) groups is 1. The van der Waals surface area contributed by atoms with Crippen LogP contribution in [0.1, 0.15) is 23.2 Å². The molecule has 2 aromatic carbocycles. The molecule has 110 valence electrons. The third-order valence-electron chi connectivity index (χ3n) is 3.87. The summed E-state index contributed by atoms with van der Waals surface area (Å²) < 4.78 is 5.22. The minimum absolute atomic E-state index is 0.108. The van der Waals surface area contributed by atoms with Crippen LogP contribution in [0.25, 0.3) is 0 Å². The van der Waals surface area contributed by atoms with Gasteiger partial charge < -0.3 is 4.74 Å². The Bertz CT molecular complexity index is 679. The molecular weight excluding hydrogens is 276 g/mol. The summed E-state index contributed by atoms with van der Waals surface area (Å²) in [6.45, 7) is 0.389. The molecule has 0 radical (unpaired) electrons. The third kappa shape index (κ3) is 2.85. The van der Waals surface area contributed by atoms with Gasteiger partial charge in [-0.1, -0.05) is 60.7 Å². The molecule has 0 aliphatic carbocycles. The molecule has 0 aromatic heterocycles. The lowest BCUT2D eigenvalue weighted by Crippen LogP contribution is -2.44. The minimum Gasteiger partial charge on any atom is -0.463 e. The molecular formula is C18H16N2O2. The fourth-order valence-electron chi connectivity index (χ4n) is 2.78. The van der Waals surface area contributed by atoms with E-state index in [-0.39, 0.29) is 25.2 Å². The maximum Gasteiger partial charge on any atom is 0.320 e. The number of nitrogens with zero attached hydrogens (tertiary/aromatic N) is 2. The number of hydrogen-bond acceptors (Lipinski definition) is 4. The van der Waals surface area contributed by atoms with Gasteiger partial charge in [0.1, 0.15) is 12.6 Å². The lowest BCUT2D eigenvalue weighted by molar-refractivity contribution is -0.156. The Kier molecular flexibility index (Phi) is 4.17. The van der Waals surface area contributed by atoms with E-state index in [9.17, 15) is 10.1 Å². The average Bonchev–Trinajstić information content (AvgIpc) is 2.57. The Hall–Kier alpha value is -2.64. The van der Waals surface area contributed by atoms with Crippen molar-refractivity contribution in [1.82, 2.24) is 4.90 Å². The van der Waals surface area contributed by atoms with E-state index in [0.717, 1.165) is 11.1 Å². The molecule has 1 heterocycles. The Labute approximate surface area is 129 Å². The zero-order valence-corrected chi connectivity index (χ0v) is 12.1. The van der Waals surface area contributed by atoms with Crippen molar-refractivity contribution in [1.29, 1.82) is 5.26 Å². The normalized spacial score (nSPS) is 20.0. The molecule has 0 saturated carbocycles. The van der Waals surface area contributed by atoms with Crippen molar-refractivity contribution in [2.75, 3.05) is 13.2 Å². The standard InChI is InChI=1S/C18H16N2O2/c19-11-16(14-7-3-1-4-8-14)20-12-18(21)22-13-17(20)15-9-5-2-6-10-15/h1-10,16-17H,12-13H2/t16-,17-/m1/s1. The monoisotopic (exact) mass is 292 g/mol. The van der Waals surface area contributed by atoms with Gasteiger partial charge in [0.15, 0.2) is 0 Å². The van der Waals surface area contributed by atoms with Crippen molar-refractivity contribution in [2.45, 2.75) is 12.1 Å². The number of morpholine rings is 1. The van der Waals surface area contributed by atoms with E-state index in [4.69, 9.17) is 4.74 Å². The summed E-state index contributed by atoms with van der Waals surface area (Å²) in [7, 11) is 0. The van der Waals surface area contributed by atoms with E-state index in [1.54, 1.807) is 0 Å². The topological polar surface area (TPSA) is 53.3 Å². The van der Waals surface area contributed by atoms with Gasteiger partial charge in [-0.15, -0.1) is 0 Å². The van der Waals surface area contributed by atoms with Crippen LogP contribution in [0.5, 0.6) is 0 Å². The first-order valence-corrected chi connectivity index (χ1v) is 7.20. The van der Waals surface area contributed by atoms with Crippen LogP contribution >= 0.6 is 0 Å². The molecule has 1 fully saturated rings. The number of benzene rings is 2. The van der Waals surface area contributed by atoms with E-state index < -0.39 is 6.04 Å². The molecule has 4 nitrogen and oxygen atoms in total. The van der Waals surface area contributed by atoms with Crippen LogP contribution in [0, 0.1) is 11.3 Å². The second-order valence-electron chi connectivity index (χ2n) is 5.22. The molecule has 4 heteroatoms. The fraction of sp³-hybridized carbons (Fsp3) is 0.222. The minimum atomic E-state index is -0.473. The fourth-order valence-corrected chi connectivity index (χ4v) is 2.78. The highest BCUT2D eigenvalue weighted by Crippen LogP contribution is 2.32. The Morgan fingerprint density at radius 3 is 2.36 bits per heavy atom. The zero-order valence-electron chi connectivity index (χ0n) is 12.1. The molecule has 1 aliphatic heterocycles. The molecule has 0 N–H and O–H groups in total. The first-order valence-electron chi connectivity index (χ1n) is 7.20. The van der Waals surface area contributed by atoms with Crippen molar-refractivity contribution < 1.29 is 9.53 Å². The highest BCUT2D eigenvalue weighted by atomic mass is 16.5. The number of hydrogen-bond donors (Lipinski definition) is 0. The van der Waals surface area contributed by atoms with E-state index >= 15 is 0 Å². The van der Waals surface area contributed by atoms with E-state index in [1.807, 2.05) is 65.6 Å². The Balaban J connectivity index is 1.96. The van der Waals surface area contributed by atoms with E-state index in [0.29, 0.717) is 0 Å².